The summed E-state index contributed by atoms with van der Waals surface area (Å²) in [7, 11) is 0. The van der Waals surface area contributed by atoms with Crippen LogP contribution in [0.1, 0.15) is 27.6 Å². The van der Waals surface area contributed by atoms with Gasteiger partial charge in [-0.2, -0.15) is 0 Å². The Balaban J connectivity index is 2.69. The molecule has 0 atom stereocenters. The fraction of sp³-hybridized carbons (Fsp3) is 0.235. The topological polar surface area (TPSA) is 137 Å². The molecule has 0 saturated carbocycles. The molecule has 26 heavy (non-hydrogen) atoms. The van der Waals surface area contributed by atoms with Crippen LogP contribution in [0.3, 0.4) is 0 Å². The highest BCUT2D eigenvalue weighted by Crippen LogP contribution is 2.30. The predicted molar refractivity (Wildman–Crippen MR) is 99.4 cm³/mol. The van der Waals surface area contributed by atoms with E-state index in [1.807, 2.05) is 11.8 Å². The normalized spacial score (nSPS) is 10.5. The number of aromatic carboxylic acids is 2. The van der Waals surface area contributed by atoms with Crippen LogP contribution in [0.25, 0.3) is 11.1 Å². The van der Waals surface area contributed by atoms with Gasteiger partial charge in [0.1, 0.15) is 16.9 Å². The number of hydrogen-bond acceptors (Lipinski definition) is 5. The first-order valence-electron chi connectivity index (χ1n) is 7.75. The van der Waals surface area contributed by atoms with Crippen LogP contribution in [-0.4, -0.2) is 46.1 Å². The zero-order valence-corrected chi connectivity index (χ0v) is 14.7. The van der Waals surface area contributed by atoms with E-state index in [1.54, 1.807) is 24.3 Å². The number of benzene rings is 1. The summed E-state index contributed by atoms with van der Waals surface area (Å²) in [4.78, 5) is 39.2. The highest BCUT2D eigenvalue weighted by atomic mass is 35.5. The molecule has 2 aromatic rings. The molecule has 1 heterocycles. The molecule has 0 amide bonds. The SMILES string of the molecule is CCN(CCCl)c1ccc(-c2c(C(=O)O)c(N)[nH]c(=O)c2C(=O)O)cc1. The van der Waals surface area contributed by atoms with Crippen molar-refractivity contribution >= 4 is 35.0 Å². The number of nitrogens with zero attached hydrogens (tertiary/aromatic N) is 1. The van der Waals surface area contributed by atoms with Crippen molar-refractivity contribution < 1.29 is 19.8 Å². The Hall–Kier alpha value is -3.00. The number of H-pyrrole nitrogens is 1. The van der Waals surface area contributed by atoms with Crippen molar-refractivity contribution in [3.05, 3.63) is 45.7 Å². The molecule has 0 bridgehead atoms. The molecule has 9 heteroatoms. The van der Waals surface area contributed by atoms with E-state index in [4.69, 9.17) is 17.3 Å². The molecule has 5 N–H and O–H groups in total. The van der Waals surface area contributed by atoms with Crippen molar-refractivity contribution in [1.29, 1.82) is 0 Å². The van der Waals surface area contributed by atoms with Gasteiger partial charge in [-0.15, -0.1) is 11.6 Å². The number of nitrogens with one attached hydrogen (secondary N) is 1. The van der Waals surface area contributed by atoms with Gasteiger partial charge in [-0.1, -0.05) is 12.1 Å². The zero-order chi connectivity index (χ0) is 19.4. The molecule has 0 unspecified atom stereocenters. The fourth-order valence-electron chi connectivity index (χ4n) is 2.75. The number of halogens is 1. The monoisotopic (exact) mass is 379 g/mol. The van der Waals surface area contributed by atoms with Crippen molar-refractivity contribution in [2.45, 2.75) is 6.92 Å². The molecule has 1 aromatic carbocycles. The zero-order valence-electron chi connectivity index (χ0n) is 14.0. The lowest BCUT2D eigenvalue weighted by molar-refractivity contribution is 0.0695. The number of hydrogen-bond donors (Lipinski definition) is 4. The minimum Gasteiger partial charge on any atom is -0.478 e. The summed E-state index contributed by atoms with van der Waals surface area (Å²) in [6.45, 7) is 3.30. The van der Waals surface area contributed by atoms with Crippen molar-refractivity contribution in [1.82, 2.24) is 4.98 Å². The van der Waals surface area contributed by atoms with Gasteiger partial charge in [-0.05, 0) is 24.6 Å². The maximum atomic E-state index is 12.0. The second-order valence-electron chi connectivity index (χ2n) is 5.42. The van der Waals surface area contributed by atoms with Gasteiger partial charge in [0.25, 0.3) is 5.56 Å². The van der Waals surface area contributed by atoms with Gasteiger partial charge in [0.15, 0.2) is 0 Å². The fourth-order valence-corrected chi connectivity index (χ4v) is 2.95. The molecule has 0 aliphatic heterocycles. The number of carboxylic acids is 2. The maximum absolute atomic E-state index is 12.0. The van der Waals surface area contributed by atoms with Crippen LogP contribution < -0.4 is 16.2 Å². The molecule has 2 rings (SSSR count). The summed E-state index contributed by atoms with van der Waals surface area (Å²) in [5.74, 6) is -2.93. The number of carboxylic acid groups (broad SMARTS) is 2. The number of aromatic amines is 1. The highest BCUT2D eigenvalue weighted by Gasteiger charge is 2.26. The smallest absolute Gasteiger partial charge is 0.342 e. The molecule has 8 nitrogen and oxygen atoms in total. The summed E-state index contributed by atoms with van der Waals surface area (Å²) < 4.78 is 0. The number of anilines is 2. The van der Waals surface area contributed by atoms with Gasteiger partial charge in [0, 0.05) is 30.2 Å². The van der Waals surface area contributed by atoms with E-state index in [-0.39, 0.29) is 11.1 Å². The van der Waals surface area contributed by atoms with Crippen LogP contribution in [0.5, 0.6) is 0 Å². The van der Waals surface area contributed by atoms with E-state index in [2.05, 4.69) is 4.98 Å². The number of alkyl halides is 1. The van der Waals surface area contributed by atoms with Gasteiger partial charge in [-0.25, -0.2) is 9.59 Å². The van der Waals surface area contributed by atoms with Crippen molar-refractivity contribution in [2.75, 3.05) is 29.6 Å². The average molecular weight is 380 g/mol. The third kappa shape index (κ3) is 3.65. The van der Waals surface area contributed by atoms with Crippen molar-refractivity contribution in [3.63, 3.8) is 0 Å². The Morgan fingerprint density at radius 3 is 2.19 bits per heavy atom. The minimum absolute atomic E-state index is 0.224. The number of carbonyl (C=O) groups is 2. The van der Waals surface area contributed by atoms with E-state index in [0.717, 1.165) is 5.69 Å². The maximum Gasteiger partial charge on any atom is 0.342 e. The van der Waals surface area contributed by atoms with Crippen LogP contribution in [0.15, 0.2) is 29.1 Å². The van der Waals surface area contributed by atoms with E-state index in [0.29, 0.717) is 19.0 Å². The second-order valence-corrected chi connectivity index (χ2v) is 5.80. The van der Waals surface area contributed by atoms with Gasteiger partial charge in [-0.3, -0.25) is 4.79 Å². The van der Waals surface area contributed by atoms with E-state index < -0.39 is 34.4 Å². The first-order chi connectivity index (χ1) is 12.3. The van der Waals surface area contributed by atoms with Crippen LogP contribution >= 0.6 is 11.6 Å². The van der Waals surface area contributed by atoms with Crippen LogP contribution in [-0.2, 0) is 0 Å². The molecule has 0 saturated heterocycles. The Labute approximate surface area is 153 Å². The quantitative estimate of drug-likeness (QED) is 0.540. The average Bonchev–Trinajstić information content (AvgIpc) is 2.58. The molecular formula is C17H18ClN3O5. The summed E-state index contributed by atoms with van der Waals surface area (Å²) >= 11 is 5.77. The largest absolute Gasteiger partial charge is 0.478 e. The first-order valence-corrected chi connectivity index (χ1v) is 8.28. The predicted octanol–water partition coefficient (Wildman–Crippen LogP) is 2.09. The van der Waals surface area contributed by atoms with E-state index in [9.17, 15) is 24.6 Å². The molecule has 0 aliphatic carbocycles. The van der Waals surface area contributed by atoms with Gasteiger partial charge >= 0.3 is 11.9 Å². The highest BCUT2D eigenvalue weighted by molar-refractivity contribution is 6.18. The van der Waals surface area contributed by atoms with Crippen LogP contribution in [0.2, 0.25) is 0 Å². The van der Waals surface area contributed by atoms with E-state index >= 15 is 0 Å². The first kappa shape index (κ1) is 19.3. The molecular weight excluding hydrogens is 362 g/mol. The summed E-state index contributed by atoms with van der Waals surface area (Å²) in [5, 5.41) is 18.8. The summed E-state index contributed by atoms with van der Waals surface area (Å²) in [6, 6.07) is 6.53. The number of pyridine rings is 1. The lowest BCUT2D eigenvalue weighted by Gasteiger charge is -2.22. The van der Waals surface area contributed by atoms with E-state index in [1.165, 1.54) is 0 Å². The number of nitrogen functional groups attached to an aromatic ring is 1. The standard InChI is InChI=1S/C17H18ClN3O5/c1-2-21(8-7-18)10-5-3-9(4-6-10)11-12(16(23)24)14(19)20-15(22)13(11)17(25)26/h3-6H,2,7-8H2,1H3,(H,23,24)(H,25,26)(H3,19,20,22). The Kier molecular flexibility index (Phi) is 5.89. The van der Waals surface area contributed by atoms with Gasteiger partial charge < -0.3 is 25.8 Å². The third-order valence-corrected chi connectivity index (χ3v) is 4.10. The van der Waals surface area contributed by atoms with Gasteiger partial charge in [0.05, 0.1) is 0 Å². The lowest BCUT2D eigenvalue weighted by atomic mass is 9.95. The number of rotatable bonds is 7. The summed E-state index contributed by atoms with van der Waals surface area (Å²) in [5.41, 5.74) is 4.41. The summed E-state index contributed by atoms with van der Waals surface area (Å²) in [6.07, 6.45) is 0. The van der Waals surface area contributed by atoms with Crippen molar-refractivity contribution in [3.8, 4) is 11.1 Å². The Bertz CT molecular complexity index is 893. The van der Waals surface area contributed by atoms with Gasteiger partial charge in [0.2, 0.25) is 0 Å². The molecule has 1 aromatic heterocycles. The van der Waals surface area contributed by atoms with Crippen LogP contribution in [0.4, 0.5) is 11.5 Å². The molecule has 138 valence electrons. The number of nitrogens with two attached hydrogens (primary N) is 1. The number of aromatic nitrogens is 1. The molecule has 0 radical (unpaired) electrons. The lowest BCUT2D eigenvalue weighted by Crippen LogP contribution is -2.25. The molecule has 0 spiro atoms. The second kappa shape index (κ2) is 7.92. The Morgan fingerprint density at radius 2 is 1.73 bits per heavy atom. The third-order valence-electron chi connectivity index (χ3n) is 3.93. The molecule has 0 aliphatic rings. The molecule has 0 fully saturated rings. The van der Waals surface area contributed by atoms with Crippen LogP contribution in [0, 0.1) is 0 Å². The Morgan fingerprint density at radius 1 is 1.15 bits per heavy atom. The van der Waals surface area contributed by atoms with Crippen molar-refractivity contribution in [2.24, 2.45) is 0 Å². The minimum atomic E-state index is -1.54.